The third-order valence-corrected chi connectivity index (χ3v) is 9.57. The third kappa shape index (κ3) is 7.83. The number of amides is 1. The summed E-state index contributed by atoms with van der Waals surface area (Å²) < 4.78 is 37.3. The Balaban J connectivity index is 0.00000158. The monoisotopic (exact) mass is 672 g/mol. The summed E-state index contributed by atoms with van der Waals surface area (Å²) in [5, 5.41) is 21.3. The van der Waals surface area contributed by atoms with E-state index in [0.717, 1.165) is 17.2 Å². The van der Waals surface area contributed by atoms with E-state index in [1.54, 1.807) is 6.07 Å². The molecule has 2 aliphatic heterocycles. The Hall–Kier alpha value is -1.34. The van der Waals surface area contributed by atoms with Crippen molar-refractivity contribution >= 4 is 33.8 Å². The summed E-state index contributed by atoms with van der Waals surface area (Å²) in [7, 11) is 1.26. The van der Waals surface area contributed by atoms with E-state index in [2.05, 4.69) is 44.4 Å². The molecule has 0 bridgehead atoms. The predicted molar refractivity (Wildman–Crippen MR) is 158 cm³/mol. The molecule has 42 heavy (non-hydrogen) atoms. The number of nitrogens with zero attached hydrogens (tertiary/aromatic N) is 2. The zero-order valence-corrected chi connectivity index (χ0v) is 28.4. The summed E-state index contributed by atoms with van der Waals surface area (Å²) in [6.07, 6.45) is 1.01. The van der Waals surface area contributed by atoms with E-state index in [1.807, 2.05) is 12.1 Å². The predicted octanol–water partition coefficient (Wildman–Crippen LogP) is 4.22. The number of fused-ring (bicyclic) bond motifs is 2. The molecule has 5 atom stereocenters. The second kappa shape index (κ2) is 15.6. The molecule has 1 aromatic carbocycles. The second-order valence-corrected chi connectivity index (χ2v) is 17.3. The molecular formula is C28H38FN2O7PSSiTi. The number of aromatic nitrogens is 1. The van der Waals surface area contributed by atoms with Crippen LogP contribution in [0.15, 0.2) is 30.5 Å². The molecule has 1 aliphatic carbocycles. The first-order valence-corrected chi connectivity index (χ1v) is 19.1. The minimum absolute atomic E-state index is 0. The van der Waals surface area contributed by atoms with Gasteiger partial charge >= 0.3 is 0 Å². The summed E-state index contributed by atoms with van der Waals surface area (Å²) >= 11 is 3.89. The zero-order chi connectivity index (χ0) is 29.7. The average molecular weight is 673 g/mol. The van der Waals surface area contributed by atoms with Gasteiger partial charge in [0.1, 0.15) is 13.0 Å². The van der Waals surface area contributed by atoms with E-state index in [4.69, 9.17) is 18.9 Å². The number of hydrogen-bond acceptors (Lipinski definition) is 9. The number of aliphatic hydroxyl groups is 2. The van der Waals surface area contributed by atoms with E-state index in [0.29, 0.717) is 43.1 Å². The van der Waals surface area contributed by atoms with Crippen LogP contribution in [0.2, 0.25) is 25.7 Å². The molecular weight excluding hydrogens is 634 g/mol. The van der Waals surface area contributed by atoms with Gasteiger partial charge in [0.15, 0.2) is 11.5 Å². The fourth-order valence-electron chi connectivity index (χ4n) is 5.81. The van der Waals surface area contributed by atoms with Crippen LogP contribution < -0.4 is 9.47 Å². The topological polar surface area (TPSA) is 111 Å². The summed E-state index contributed by atoms with van der Waals surface area (Å²) in [5.74, 6) is -1.90. The van der Waals surface area contributed by atoms with Crippen molar-refractivity contribution in [1.29, 1.82) is 0 Å². The molecule has 0 radical (unpaired) electrons. The number of carbonyl (C=O) groups excluding carboxylic acids is 1. The Morgan fingerprint density at radius 2 is 1.90 bits per heavy atom. The summed E-state index contributed by atoms with van der Waals surface area (Å²) in [5.41, 5.74) is 2.11. The molecule has 14 heteroatoms. The Kier molecular flexibility index (Phi) is 13.0. The van der Waals surface area contributed by atoms with Gasteiger partial charge in [-0.1, -0.05) is 37.5 Å². The number of halogens is 1. The van der Waals surface area contributed by atoms with Gasteiger partial charge in [0, 0.05) is 67.6 Å². The number of hydrogen-bond donors (Lipinski definition) is 2. The van der Waals surface area contributed by atoms with Crippen molar-refractivity contribution < 1.29 is 60.1 Å². The number of rotatable bonds is 9. The van der Waals surface area contributed by atoms with Gasteiger partial charge in [-0.05, 0) is 61.8 Å². The van der Waals surface area contributed by atoms with Crippen molar-refractivity contribution in [2.75, 3.05) is 33.3 Å². The Morgan fingerprint density at radius 3 is 2.48 bits per heavy atom. The number of likely N-dealkylation sites (tertiary alicyclic amines) is 1. The molecule has 2 N–H and O–H groups in total. The smallest absolute Gasteiger partial charge is 0.231 e. The number of benzene rings is 1. The standard InChI is InChI=1S/C28H37FN2O7Si.HPS.Ti/c1-39(2,3)10-9-35-15-38-27-19-12-22-21(36-16-37-22)11-18(19)25(17-6-7-23(29)30-13-17)26(20(27)14-32)28(34)31-8-4-5-24(31)33;1-2;/h6-7,11-13,20,24-27,32-33H,4-5,8-10,14-16H2,1-3H3;1H;/t20-,24+,25+,26?,27-;;/m0../s1. The van der Waals surface area contributed by atoms with Crippen LogP contribution in [0.5, 0.6) is 11.5 Å². The maximum Gasteiger partial charge on any atom is 0.231 e. The molecule has 9 nitrogen and oxygen atoms in total. The third-order valence-electron chi connectivity index (χ3n) is 7.87. The van der Waals surface area contributed by atoms with Crippen molar-refractivity contribution in [2.24, 2.45) is 11.8 Å². The van der Waals surface area contributed by atoms with Crippen molar-refractivity contribution in [2.45, 2.75) is 56.8 Å². The van der Waals surface area contributed by atoms with Crippen LogP contribution >= 0.6 is 8.02 Å². The quantitative estimate of drug-likeness (QED) is 0.133. The second-order valence-electron chi connectivity index (χ2n) is 11.7. The minimum Gasteiger partial charge on any atom is -0.454 e. The van der Waals surface area contributed by atoms with Gasteiger partial charge in [-0.3, -0.25) is 4.79 Å². The number of carbonyl (C=O) groups is 1. The fraction of sp³-hybridized carbons (Fsp3) is 0.571. The summed E-state index contributed by atoms with van der Waals surface area (Å²) in [6.45, 7) is 7.51. The van der Waals surface area contributed by atoms with Crippen molar-refractivity contribution in [3.8, 4) is 11.5 Å². The van der Waals surface area contributed by atoms with E-state index in [1.165, 1.54) is 17.2 Å². The maximum atomic E-state index is 14.1. The van der Waals surface area contributed by atoms with Crippen LogP contribution in [0.25, 0.3) is 0 Å². The van der Waals surface area contributed by atoms with Gasteiger partial charge in [-0.15, -0.1) is 0 Å². The maximum absolute atomic E-state index is 14.1. The summed E-state index contributed by atoms with van der Waals surface area (Å²) in [4.78, 5) is 19.5. The molecule has 5 rings (SSSR count). The van der Waals surface area contributed by atoms with Gasteiger partial charge in [0.2, 0.25) is 18.6 Å². The molecule has 0 saturated carbocycles. The Labute approximate surface area is 269 Å². The average Bonchev–Trinajstić information content (AvgIpc) is 3.60. The van der Waals surface area contributed by atoms with Crippen molar-refractivity contribution in [3.63, 3.8) is 0 Å². The van der Waals surface area contributed by atoms with Crippen LogP contribution in [0.1, 0.15) is 41.6 Å². The van der Waals surface area contributed by atoms with Crippen LogP contribution in [0.4, 0.5) is 4.39 Å². The Bertz CT molecular complexity index is 1210. The van der Waals surface area contributed by atoms with E-state index >= 15 is 0 Å². The molecule has 228 valence electrons. The van der Waals surface area contributed by atoms with Crippen molar-refractivity contribution in [3.05, 3.63) is 53.1 Å². The molecule has 1 aromatic heterocycles. The minimum atomic E-state index is -1.29. The zero-order valence-electron chi connectivity index (χ0n) is 24.0. The SMILES string of the molecule is C[Si](C)(C)CCOCO[C@H]1c2cc3c(cc2[C@@H](c2ccc(F)nc2)C(C(=O)N2CCC[C@H]2O)[C@@H]1CO)OCO3.P=S.[Ti]. The summed E-state index contributed by atoms with van der Waals surface area (Å²) in [6, 6.07) is 7.52. The van der Waals surface area contributed by atoms with Gasteiger partial charge in [-0.2, -0.15) is 4.39 Å². The van der Waals surface area contributed by atoms with Crippen LogP contribution in [0, 0.1) is 17.8 Å². The Morgan fingerprint density at radius 1 is 1.21 bits per heavy atom. The first-order valence-electron chi connectivity index (χ1n) is 13.7. The number of pyridine rings is 1. The van der Waals surface area contributed by atoms with E-state index in [-0.39, 0.29) is 47.8 Å². The van der Waals surface area contributed by atoms with Gasteiger partial charge in [-0.25, -0.2) is 4.98 Å². The van der Waals surface area contributed by atoms with Gasteiger partial charge in [0.05, 0.1) is 12.0 Å². The molecule has 3 aliphatic rings. The van der Waals surface area contributed by atoms with Gasteiger partial charge in [0.25, 0.3) is 0 Å². The first-order chi connectivity index (χ1) is 19.7. The normalized spacial score (nSPS) is 24.3. The molecule has 1 saturated heterocycles. The molecule has 3 heterocycles. The molecule has 2 aromatic rings. The fourth-order valence-corrected chi connectivity index (χ4v) is 6.57. The molecule has 1 amide bonds. The number of ether oxygens (including phenoxy) is 4. The van der Waals surface area contributed by atoms with E-state index in [9.17, 15) is 19.4 Å². The first kappa shape index (κ1) is 35.1. The largest absolute Gasteiger partial charge is 0.454 e. The van der Waals surface area contributed by atoms with Gasteiger partial charge < -0.3 is 34.1 Å². The van der Waals surface area contributed by atoms with Crippen LogP contribution in [-0.2, 0) is 47.8 Å². The number of aliphatic hydroxyl groups excluding tert-OH is 2. The molecule has 0 spiro atoms. The van der Waals surface area contributed by atoms with Crippen molar-refractivity contribution in [1.82, 2.24) is 9.88 Å². The van der Waals surface area contributed by atoms with Crippen LogP contribution in [-0.4, -0.2) is 73.7 Å². The van der Waals surface area contributed by atoms with E-state index < -0.39 is 44.1 Å². The molecule has 1 fully saturated rings. The molecule has 1 unspecified atom stereocenters. The van der Waals surface area contributed by atoms with Crippen LogP contribution in [0.3, 0.4) is 0 Å².